The van der Waals surface area contributed by atoms with Gasteiger partial charge in [-0.25, -0.2) is 4.98 Å². The van der Waals surface area contributed by atoms with Crippen molar-refractivity contribution in [2.24, 2.45) is 0 Å². The predicted molar refractivity (Wildman–Crippen MR) is 123 cm³/mol. The maximum atomic E-state index is 13.7. The number of ether oxygens (including phenoxy) is 1. The third kappa shape index (κ3) is 3.28. The van der Waals surface area contributed by atoms with Gasteiger partial charge in [-0.2, -0.15) is 0 Å². The Hall–Kier alpha value is -3.20. The summed E-state index contributed by atoms with van der Waals surface area (Å²) < 4.78 is 7.59. The summed E-state index contributed by atoms with van der Waals surface area (Å²) in [5.41, 5.74) is 1.19. The molecule has 5 rings (SSSR count). The van der Waals surface area contributed by atoms with E-state index in [0.717, 1.165) is 31.5 Å². The first-order chi connectivity index (χ1) is 15.5. The molecule has 9 heteroatoms. The van der Waals surface area contributed by atoms with E-state index >= 15 is 0 Å². The Labute approximate surface area is 188 Å². The molecule has 1 atom stereocenters. The van der Waals surface area contributed by atoms with Crippen molar-refractivity contribution >= 4 is 39.1 Å². The van der Waals surface area contributed by atoms with Gasteiger partial charge in [-0.3, -0.25) is 23.9 Å². The van der Waals surface area contributed by atoms with Crippen LogP contribution in [0.2, 0.25) is 0 Å². The molecule has 0 aliphatic carbocycles. The Morgan fingerprint density at radius 1 is 1.22 bits per heavy atom. The van der Waals surface area contributed by atoms with Gasteiger partial charge in [0.15, 0.2) is 6.10 Å². The van der Waals surface area contributed by atoms with Gasteiger partial charge < -0.3 is 10.1 Å². The first-order valence-corrected chi connectivity index (χ1v) is 11.6. The fourth-order valence-corrected chi connectivity index (χ4v) is 5.60. The number of nitrogens with one attached hydrogen (secondary N) is 1. The Morgan fingerprint density at radius 3 is 2.84 bits per heavy atom. The number of fused-ring (bicyclic) bond motifs is 3. The molecule has 32 heavy (non-hydrogen) atoms. The van der Waals surface area contributed by atoms with Crippen molar-refractivity contribution in [1.82, 2.24) is 14.9 Å². The van der Waals surface area contributed by atoms with Gasteiger partial charge in [0.2, 0.25) is 0 Å². The predicted octanol–water partition coefficient (Wildman–Crippen LogP) is 2.65. The number of carbonyl (C=O) groups is 2. The molecule has 4 heterocycles. The van der Waals surface area contributed by atoms with Gasteiger partial charge >= 0.3 is 0 Å². The van der Waals surface area contributed by atoms with Crippen LogP contribution in [0.25, 0.3) is 10.2 Å². The van der Waals surface area contributed by atoms with Gasteiger partial charge in [-0.05, 0) is 37.5 Å². The third-order valence-electron chi connectivity index (χ3n) is 6.16. The number of anilines is 1. The van der Waals surface area contributed by atoms with Gasteiger partial charge in [0.05, 0.1) is 22.5 Å². The highest BCUT2D eigenvalue weighted by molar-refractivity contribution is 7.20. The van der Waals surface area contributed by atoms with Crippen LogP contribution >= 0.6 is 11.3 Å². The Balaban J connectivity index is 1.60. The molecular weight excluding hydrogens is 428 g/mol. The summed E-state index contributed by atoms with van der Waals surface area (Å²) >= 11 is 1.25. The van der Waals surface area contributed by atoms with Crippen LogP contribution in [0.1, 0.15) is 40.3 Å². The van der Waals surface area contributed by atoms with E-state index in [2.05, 4.69) is 5.32 Å². The van der Waals surface area contributed by atoms with Crippen molar-refractivity contribution in [1.29, 1.82) is 0 Å². The Bertz CT molecular complexity index is 1300. The third-order valence-corrected chi connectivity index (χ3v) is 7.34. The summed E-state index contributed by atoms with van der Waals surface area (Å²) in [5.74, 6) is 0.727. The van der Waals surface area contributed by atoms with Gasteiger partial charge in [0, 0.05) is 20.0 Å². The number of carbonyl (C=O) groups excluding carboxylic acids is 2. The van der Waals surface area contributed by atoms with E-state index < -0.39 is 6.10 Å². The minimum absolute atomic E-state index is 0.0645. The highest BCUT2D eigenvalue weighted by Gasteiger charge is 2.35. The molecule has 2 amide bonds. The molecule has 0 saturated carbocycles. The molecule has 1 N–H and O–H groups in total. The molecule has 166 valence electrons. The number of hydrogen-bond donors (Lipinski definition) is 1. The lowest BCUT2D eigenvalue weighted by Gasteiger charge is -2.33. The van der Waals surface area contributed by atoms with Crippen LogP contribution < -0.4 is 20.5 Å². The number of hydrogen-bond acceptors (Lipinski definition) is 6. The zero-order valence-electron chi connectivity index (χ0n) is 18.0. The summed E-state index contributed by atoms with van der Waals surface area (Å²) in [6.45, 7) is 2.56. The fraction of sp³-hybridized carbons (Fsp3) is 0.391. The summed E-state index contributed by atoms with van der Waals surface area (Å²) in [4.78, 5) is 46.7. The van der Waals surface area contributed by atoms with E-state index in [9.17, 15) is 14.4 Å². The standard InChI is InChI=1S/C23H24N4O4S/c1-13-18-21(25-17-10-4-3-7-11-26(17)22(18)29)32-19(13)23(30)27-12-16(20(28)24-2)31-15-9-6-5-8-14(15)27/h5-6,8-9,16H,3-4,7,10-12H2,1-2H3,(H,24,28). The molecule has 2 aliphatic rings. The van der Waals surface area contributed by atoms with Crippen LogP contribution in [0, 0.1) is 6.92 Å². The number of likely N-dealkylation sites (N-methyl/N-ethyl adjacent to an activating group) is 1. The van der Waals surface area contributed by atoms with Crippen molar-refractivity contribution in [2.45, 2.75) is 45.3 Å². The molecule has 1 unspecified atom stereocenters. The van der Waals surface area contributed by atoms with Gasteiger partial charge in [-0.1, -0.05) is 18.6 Å². The molecule has 2 aromatic heterocycles. The van der Waals surface area contributed by atoms with Crippen LogP contribution in [0.15, 0.2) is 29.1 Å². The number of benzene rings is 1. The number of thiophene rings is 1. The van der Waals surface area contributed by atoms with Crippen LogP contribution in [0.4, 0.5) is 5.69 Å². The quantitative estimate of drug-likeness (QED) is 0.645. The van der Waals surface area contributed by atoms with E-state index in [1.807, 2.05) is 6.07 Å². The first-order valence-electron chi connectivity index (χ1n) is 10.8. The van der Waals surface area contributed by atoms with Crippen LogP contribution in [0.3, 0.4) is 0 Å². The molecule has 0 radical (unpaired) electrons. The number of nitrogens with zero attached hydrogens (tertiary/aromatic N) is 3. The number of amides is 2. The minimum atomic E-state index is -0.812. The molecule has 0 bridgehead atoms. The number of rotatable bonds is 2. The monoisotopic (exact) mass is 452 g/mol. The minimum Gasteiger partial charge on any atom is -0.477 e. The Kier molecular flexibility index (Phi) is 5.21. The maximum Gasteiger partial charge on any atom is 0.268 e. The molecule has 0 spiro atoms. The van der Waals surface area contributed by atoms with Crippen molar-refractivity contribution in [3.05, 3.63) is 50.9 Å². The van der Waals surface area contributed by atoms with Gasteiger partial charge in [0.25, 0.3) is 17.4 Å². The number of para-hydroxylation sites is 2. The SMILES string of the molecule is CNC(=O)C1CN(C(=O)c2sc3nc4n(c(=O)c3c2C)CCCCC4)c2ccccc2O1. The first kappa shape index (κ1) is 20.7. The number of aryl methyl sites for hydroxylation is 2. The van der Waals surface area contributed by atoms with Crippen molar-refractivity contribution in [2.75, 3.05) is 18.5 Å². The van der Waals surface area contributed by atoms with Crippen LogP contribution in [0.5, 0.6) is 5.75 Å². The van der Waals surface area contributed by atoms with Crippen molar-refractivity contribution in [3.63, 3.8) is 0 Å². The molecule has 3 aromatic rings. The number of aromatic nitrogens is 2. The highest BCUT2D eigenvalue weighted by Crippen LogP contribution is 2.36. The lowest BCUT2D eigenvalue weighted by atomic mass is 10.1. The molecule has 2 aliphatic heterocycles. The largest absolute Gasteiger partial charge is 0.477 e. The van der Waals surface area contributed by atoms with E-state index in [4.69, 9.17) is 9.72 Å². The Morgan fingerprint density at radius 2 is 2.03 bits per heavy atom. The molecule has 0 fully saturated rings. The molecule has 0 saturated heterocycles. The smallest absolute Gasteiger partial charge is 0.268 e. The second-order valence-electron chi connectivity index (χ2n) is 8.14. The molecular formula is C23H24N4O4S. The van der Waals surface area contributed by atoms with Gasteiger partial charge in [-0.15, -0.1) is 11.3 Å². The molecule has 8 nitrogen and oxygen atoms in total. The second-order valence-corrected chi connectivity index (χ2v) is 9.14. The topological polar surface area (TPSA) is 93.5 Å². The van der Waals surface area contributed by atoms with E-state index in [1.165, 1.54) is 18.4 Å². The van der Waals surface area contributed by atoms with E-state index in [-0.39, 0.29) is 23.9 Å². The fourth-order valence-electron chi connectivity index (χ4n) is 4.46. The average Bonchev–Trinajstić information content (AvgIpc) is 2.97. The maximum absolute atomic E-state index is 13.7. The zero-order valence-corrected chi connectivity index (χ0v) is 18.8. The van der Waals surface area contributed by atoms with Gasteiger partial charge in [0.1, 0.15) is 16.4 Å². The molecule has 1 aromatic carbocycles. The van der Waals surface area contributed by atoms with Crippen LogP contribution in [-0.2, 0) is 17.8 Å². The lowest BCUT2D eigenvalue weighted by Crippen LogP contribution is -2.50. The van der Waals surface area contributed by atoms with Crippen molar-refractivity contribution < 1.29 is 14.3 Å². The summed E-state index contributed by atoms with van der Waals surface area (Å²) in [6, 6.07) is 7.17. The summed E-state index contributed by atoms with van der Waals surface area (Å²) in [5, 5.41) is 3.11. The highest BCUT2D eigenvalue weighted by atomic mass is 32.1. The zero-order chi connectivity index (χ0) is 22.4. The van der Waals surface area contributed by atoms with Crippen molar-refractivity contribution in [3.8, 4) is 5.75 Å². The summed E-state index contributed by atoms with van der Waals surface area (Å²) in [6.07, 6.45) is 3.02. The lowest BCUT2D eigenvalue weighted by molar-refractivity contribution is -0.127. The summed E-state index contributed by atoms with van der Waals surface area (Å²) in [7, 11) is 1.54. The van der Waals surface area contributed by atoms with E-state index in [0.29, 0.717) is 38.6 Å². The average molecular weight is 453 g/mol. The normalized spacial score (nSPS) is 17.8. The second kappa shape index (κ2) is 8.05. The van der Waals surface area contributed by atoms with E-state index in [1.54, 1.807) is 34.6 Å². The van der Waals surface area contributed by atoms with Crippen LogP contribution in [-0.4, -0.2) is 41.1 Å².